The summed E-state index contributed by atoms with van der Waals surface area (Å²) in [5.74, 6) is 8.30. The van der Waals surface area contributed by atoms with E-state index >= 15 is 0 Å². The number of carbonyl (C=O) groups excluding carboxylic acids is 1. The van der Waals surface area contributed by atoms with Crippen molar-refractivity contribution in [3.05, 3.63) is 57.5 Å². The number of ether oxygens (including phenoxy) is 1. The molecule has 7 atom stereocenters. The van der Waals surface area contributed by atoms with Crippen LogP contribution >= 0.6 is 0 Å². The van der Waals surface area contributed by atoms with Crippen molar-refractivity contribution >= 4 is 11.5 Å². The molecule has 0 amide bonds. The molecule has 0 aromatic heterocycles. The molecule has 0 radical (unpaired) electrons. The van der Waals surface area contributed by atoms with E-state index in [1.165, 1.54) is 41.7 Å². The Bertz CT molecular complexity index is 1310. The number of rotatable bonds is 6. The largest absolute Gasteiger partial charge is 0.377 e. The van der Waals surface area contributed by atoms with Crippen LogP contribution in [-0.2, 0) is 9.53 Å². The van der Waals surface area contributed by atoms with Crippen molar-refractivity contribution in [1.82, 2.24) is 0 Å². The van der Waals surface area contributed by atoms with Gasteiger partial charge in [0.25, 0.3) is 0 Å². The van der Waals surface area contributed by atoms with Crippen molar-refractivity contribution in [2.45, 2.75) is 90.5 Å². The maximum Gasteiger partial charge on any atom is 0.176 e. The SMILES string of the molecule is CC#C[C@]1(C(=O)COC)CC[C@H]2[C@@H]3CC(C)C4=CC(N=O)CCC4=C3C(c3ccc(N4CCCCC4)cc3)C[C@@]21C. The van der Waals surface area contributed by atoms with Crippen LogP contribution < -0.4 is 4.90 Å². The van der Waals surface area contributed by atoms with E-state index in [9.17, 15) is 9.70 Å². The zero-order valence-corrected chi connectivity index (χ0v) is 25.4. The zero-order chi connectivity index (χ0) is 28.8. The average molecular weight is 555 g/mol. The number of Topliss-reactive ketones (excluding diaryl/α,β-unsaturated/α-hetero) is 1. The number of nitroso groups, excluding NO2 is 1. The summed E-state index contributed by atoms with van der Waals surface area (Å²) in [5.41, 5.74) is 6.20. The van der Waals surface area contributed by atoms with Gasteiger partial charge in [0.15, 0.2) is 5.78 Å². The number of benzene rings is 1. The number of ketones is 1. The first-order chi connectivity index (χ1) is 19.9. The van der Waals surface area contributed by atoms with Gasteiger partial charge in [0.2, 0.25) is 0 Å². The van der Waals surface area contributed by atoms with Crippen LogP contribution in [0.2, 0.25) is 0 Å². The van der Waals surface area contributed by atoms with Gasteiger partial charge < -0.3 is 9.64 Å². The molecular weight excluding hydrogens is 508 g/mol. The quantitative estimate of drug-likeness (QED) is 0.268. The molecule has 1 aromatic rings. The summed E-state index contributed by atoms with van der Waals surface area (Å²) in [4.78, 5) is 28.0. The van der Waals surface area contributed by atoms with E-state index < -0.39 is 5.41 Å². The highest BCUT2D eigenvalue weighted by molar-refractivity contribution is 5.90. The smallest absolute Gasteiger partial charge is 0.176 e. The second kappa shape index (κ2) is 11.2. The van der Waals surface area contributed by atoms with E-state index in [2.05, 4.69) is 66.1 Å². The number of carbonyl (C=O) groups is 1. The van der Waals surface area contributed by atoms with E-state index in [1.807, 2.05) is 6.92 Å². The van der Waals surface area contributed by atoms with E-state index in [4.69, 9.17) is 4.74 Å². The van der Waals surface area contributed by atoms with E-state index in [0.717, 1.165) is 51.6 Å². The second-order valence-corrected chi connectivity index (χ2v) is 13.6. The predicted octanol–water partition coefficient (Wildman–Crippen LogP) is 7.61. The lowest BCUT2D eigenvalue weighted by Crippen LogP contribution is -2.52. The number of allylic oxidation sites excluding steroid dienone is 3. The Morgan fingerprint density at radius 3 is 2.59 bits per heavy atom. The zero-order valence-electron chi connectivity index (χ0n) is 25.4. The molecule has 3 fully saturated rings. The minimum atomic E-state index is -0.678. The van der Waals surface area contributed by atoms with E-state index in [-0.39, 0.29) is 29.8 Å². The van der Waals surface area contributed by atoms with Crippen LogP contribution in [0.1, 0.15) is 90.0 Å². The van der Waals surface area contributed by atoms with Crippen molar-refractivity contribution < 1.29 is 9.53 Å². The Kier molecular flexibility index (Phi) is 7.74. The van der Waals surface area contributed by atoms with Crippen molar-refractivity contribution in [3.63, 3.8) is 0 Å². The Morgan fingerprint density at radius 2 is 1.90 bits per heavy atom. The molecule has 1 aromatic carbocycles. The number of methoxy groups -OCH3 is 1. The molecule has 41 heavy (non-hydrogen) atoms. The number of hydrogen-bond donors (Lipinski definition) is 0. The van der Waals surface area contributed by atoms with Crippen LogP contribution in [-0.4, -0.2) is 38.6 Å². The number of fused-ring (bicyclic) bond motifs is 4. The van der Waals surface area contributed by atoms with E-state index in [1.54, 1.807) is 12.7 Å². The molecule has 5 heteroatoms. The molecular formula is C36H46N2O3. The Morgan fingerprint density at radius 1 is 1.15 bits per heavy atom. The lowest BCUT2D eigenvalue weighted by Gasteiger charge is -2.55. The van der Waals surface area contributed by atoms with Crippen LogP contribution in [0.5, 0.6) is 0 Å². The minimum Gasteiger partial charge on any atom is -0.377 e. The fourth-order valence-electron chi connectivity index (χ4n) is 9.76. The molecule has 5 nitrogen and oxygen atoms in total. The fourth-order valence-corrected chi connectivity index (χ4v) is 9.76. The maximum absolute atomic E-state index is 13.9. The molecule has 218 valence electrons. The monoisotopic (exact) mass is 554 g/mol. The number of hydrogen-bond acceptors (Lipinski definition) is 5. The molecule has 2 saturated carbocycles. The summed E-state index contributed by atoms with van der Waals surface area (Å²) < 4.78 is 5.44. The highest BCUT2D eigenvalue weighted by atomic mass is 16.5. The molecule has 3 unspecified atom stereocenters. The molecule has 4 aliphatic carbocycles. The predicted molar refractivity (Wildman–Crippen MR) is 165 cm³/mol. The fraction of sp³-hybridized carbons (Fsp3) is 0.639. The van der Waals surface area contributed by atoms with Crippen molar-refractivity contribution in [2.24, 2.45) is 33.8 Å². The third-order valence-electron chi connectivity index (χ3n) is 11.7. The van der Waals surface area contributed by atoms with E-state index in [0.29, 0.717) is 17.8 Å². The molecule has 5 aliphatic rings. The van der Waals surface area contributed by atoms with Crippen molar-refractivity contribution in [3.8, 4) is 11.8 Å². The lowest BCUT2D eigenvalue weighted by molar-refractivity contribution is -0.136. The molecule has 0 N–H and O–H groups in total. The first-order valence-corrected chi connectivity index (χ1v) is 16.0. The first kappa shape index (κ1) is 28.4. The van der Waals surface area contributed by atoms with Gasteiger partial charge in [-0.15, -0.1) is 5.92 Å². The van der Waals surface area contributed by atoms with Gasteiger partial charge in [0.1, 0.15) is 12.6 Å². The summed E-state index contributed by atoms with van der Waals surface area (Å²) in [5, 5.41) is 3.43. The first-order valence-electron chi connectivity index (χ1n) is 16.0. The maximum atomic E-state index is 13.9. The van der Waals surface area contributed by atoms with Gasteiger partial charge in [0.05, 0.1) is 5.41 Å². The third kappa shape index (κ3) is 4.53. The Hall–Kier alpha value is -2.71. The van der Waals surface area contributed by atoms with Gasteiger partial charge in [-0.05, 0) is 117 Å². The standard InChI is InChI=1S/C36H46N2O3/c1-5-16-36(33(39)23-41-4)17-15-32-30-20-24(2)29-21-26(37-40)11-14-28(29)34(30)31(22-35(32,36)3)25-9-12-27(13-10-25)38-18-7-6-8-19-38/h9-10,12-13,21,24,26,30-32H,6-8,11,14-15,17-20,22-23H2,1-4H3/t24?,26?,30-,31?,32-,35-,36+/m0/s1. The number of anilines is 1. The normalized spacial score (nSPS) is 36.3. The molecule has 1 aliphatic heterocycles. The second-order valence-electron chi connectivity index (χ2n) is 13.6. The minimum absolute atomic E-state index is 0.119. The Labute approximate surface area is 246 Å². The third-order valence-corrected chi connectivity index (χ3v) is 11.7. The molecule has 6 rings (SSSR count). The van der Waals surface area contributed by atoms with Gasteiger partial charge in [-0.1, -0.05) is 48.7 Å². The van der Waals surface area contributed by atoms with Gasteiger partial charge in [-0.2, -0.15) is 4.91 Å². The number of piperidine rings is 1. The summed E-state index contributed by atoms with van der Waals surface area (Å²) in [6.45, 7) is 8.98. The summed E-state index contributed by atoms with van der Waals surface area (Å²) in [6.07, 6.45) is 11.6. The molecule has 1 saturated heterocycles. The average Bonchev–Trinajstić information content (AvgIpc) is 3.30. The van der Waals surface area contributed by atoms with Crippen LogP contribution in [0.15, 0.2) is 52.2 Å². The van der Waals surface area contributed by atoms with Gasteiger partial charge >= 0.3 is 0 Å². The van der Waals surface area contributed by atoms with Crippen molar-refractivity contribution in [1.29, 1.82) is 0 Å². The lowest BCUT2D eigenvalue weighted by atomic mass is 9.47. The Balaban J connectivity index is 1.48. The van der Waals surface area contributed by atoms with Crippen molar-refractivity contribution in [2.75, 3.05) is 31.7 Å². The van der Waals surface area contributed by atoms with Gasteiger partial charge in [-0.3, -0.25) is 4.79 Å². The highest BCUT2D eigenvalue weighted by Gasteiger charge is 2.65. The van der Waals surface area contributed by atoms with Gasteiger partial charge in [0, 0.05) is 31.8 Å². The highest BCUT2D eigenvalue weighted by Crippen LogP contribution is 2.70. The number of nitrogens with zero attached hydrogens (tertiary/aromatic N) is 2. The summed E-state index contributed by atoms with van der Waals surface area (Å²) in [6, 6.07) is 9.17. The molecule has 0 spiro atoms. The topological polar surface area (TPSA) is 59.0 Å². The van der Waals surface area contributed by atoms with Crippen LogP contribution in [0.3, 0.4) is 0 Å². The summed E-state index contributed by atoms with van der Waals surface area (Å²) in [7, 11) is 1.62. The van der Waals surface area contributed by atoms with Gasteiger partial charge in [-0.25, -0.2) is 0 Å². The summed E-state index contributed by atoms with van der Waals surface area (Å²) >= 11 is 0. The molecule has 1 heterocycles. The van der Waals surface area contributed by atoms with Crippen LogP contribution in [0.4, 0.5) is 5.69 Å². The molecule has 0 bridgehead atoms. The van der Waals surface area contributed by atoms with Crippen LogP contribution in [0, 0.1) is 45.3 Å². The van der Waals surface area contributed by atoms with Crippen LogP contribution in [0.25, 0.3) is 0 Å².